The average Bonchev–Trinajstić information content (AvgIpc) is 2.79. The number of carbonyl (C=O) groups is 3. The van der Waals surface area contributed by atoms with Gasteiger partial charge in [0.05, 0.1) is 0 Å². The smallest absolute Gasteiger partial charge is 0.323 e. The highest BCUT2D eigenvalue weighted by molar-refractivity contribution is 6.16. The van der Waals surface area contributed by atoms with Crippen LogP contribution in [-0.4, -0.2) is 53.8 Å². The minimum atomic E-state index is -0.774. The molecular weight excluding hydrogens is 390 g/mol. The third kappa shape index (κ3) is 5.53. The Morgan fingerprint density at radius 2 is 1.16 bits per heavy atom. The Morgan fingerprint density at radius 1 is 0.742 bits per heavy atom. The van der Waals surface area contributed by atoms with Gasteiger partial charge in [0, 0.05) is 12.1 Å². The number of carbonyl (C=O) groups excluding carboxylic acids is 3. The number of benzene rings is 1. The van der Waals surface area contributed by atoms with Gasteiger partial charge in [-0.25, -0.2) is 4.79 Å². The highest BCUT2D eigenvalue weighted by Gasteiger charge is 2.50. The van der Waals surface area contributed by atoms with E-state index in [1.807, 2.05) is 44.4 Å². The molecule has 0 radical (unpaired) electrons. The molecule has 1 aromatic rings. The van der Waals surface area contributed by atoms with Crippen LogP contribution in [0.3, 0.4) is 0 Å². The normalized spacial score (nSPS) is 21.8. The summed E-state index contributed by atoms with van der Waals surface area (Å²) in [7, 11) is 3.75. The third-order valence-corrected chi connectivity index (χ3v) is 6.65. The number of hydrogen-bond acceptors (Lipinski definition) is 4. The van der Waals surface area contributed by atoms with Crippen molar-refractivity contribution in [2.45, 2.75) is 82.7 Å². The number of amides is 4. The molecule has 1 saturated heterocycles. The van der Waals surface area contributed by atoms with Gasteiger partial charge in [-0.1, -0.05) is 68.9 Å². The lowest BCUT2D eigenvalue weighted by Crippen LogP contribution is -2.65. The van der Waals surface area contributed by atoms with Gasteiger partial charge in [-0.15, -0.1) is 0 Å². The molecule has 3 aliphatic rings. The molecule has 1 N–H and O–H groups in total. The number of imide groups is 2. The van der Waals surface area contributed by atoms with Crippen LogP contribution in [0.2, 0.25) is 0 Å². The Hall–Kier alpha value is -2.21. The molecule has 2 aliphatic carbocycles. The van der Waals surface area contributed by atoms with Gasteiger partial charge in [0.1, 0.15) is 5.92 Å². The maximum absolute atomic E-state index is 13.4. The molecule has 1 heterocycles. The zero-order valence-corrected chi connectivity index (χ0v) is 19.0. The molecule has 4 amide bonds. The van der Waals surface area contributed by atoms with Crippen LogP contribution in [0.15, 0.2) is 30.3 Å². The monoisotopic (exact) mass is 427 g/mol. The van der Waals surface area contributed by atoms with Gasteiger partial charge in [0.15, 0.2) is 0 Å². The summed E-state index contributed by atoms with van der Waals surface area (Å²) in [6.07, 6.45) is 10.3. The zero-order chi connectivity index (χ0) is 22.2. The van der Waals surface area contributed by atoms with E-state index in [1.165, 1.54) is 9.80 Å². The highest BCUT2D eigenvalue weighted by atomic mass is 16.2. The summed E-state index contributed by atoms with van der Waals surface area (Å²) in [5.74, 6) is -1.33. The molecule has 31 heavy (non-hydrogen) atoms. The molecule has 1 aromatic carbocycles. The molecule has 0 unspecified atom stereocenters. The number of barbiturate groups is 1. The molecule has 6 nitrogen and oxygen atoms in total. The van der Waals surface area contributed by atoms with Crippen LogP contribution < -0.4 is 5.32 Å². The Balaban J connectivity index is 0.000000858. The second-order valence-electron chi connectivity index (χ2n) is 9.03. The van der Waals surface area contributed by atoms with Gasteiger partial charge in [0.25, 0.3) is 0 Å². The summed E-state index contributed by atoms with van der Waals surface area (Å²) in [5, 5.41) is 2.75. The van der Waals surface area contributed by atoms with E-state index >= 15 is 0 Å². The van der Waals surface area contributed by atoms with E-state index < -0.39 is 5.92 Å². The summed E-state index contributed by atoms with van der Waals surface area (Å²) in [6, 6.07) is 9.24. The maximum Gasteiger partial charge on any atom is 0.333 e. The second-order valence-corrected chi connectivity index (χ2v) is 9.03. The standard InChI is InChI=1S/C23H30N2O3.C2H7N/c26-21-20(16-17-10-4-1-5-11-17)22(27)25(19-14-8-3-9-15-19)23(28)24(21)18-12-6-2-7-13-18;1-3-2/h1,4-5,10-11,18-20H,2-3,6-9,12-16H2;3H,1-2H3. The van der Waals surface area contributed by atoms with Crippen molar-refractivity contribution in [3.05, 3.63) is 35.9 Å². The van der Waals surface area contributed by atoms with Crippen LogP contribution in [0.5, 0.6) is 0 Å². The maximum atomic E-state index is 13.4. The lowest BCUT2D eigenvalue weighted by Gasteiger charge is -2.45. The first-order valence-electron chi connectivity index (χ1n) is 11.9. The summed E-state index contributed by atoms with van der Waals surface area (Å²) in [6.45, 7) is 0. The minimum Gasteiger partial charge on any atom is -0.323 e. The summed E-state index contributed by atoms with van der Waals surface area (Å²) in [4.78, 5) is 43.0. The van der Waals surface area contributed by atoms with E-state index in [0.29, 0.717) is 6.42 Å². The van der Waals surface area contributed by atoms with Crippen molar-refractivity contribution in [1.82, 2.24) is 15.1 Å². The summed E-state index contributed by atoms with van der Waals surface area (Å²) < 4.78 is 0. The fraction of sp³-hybridized carbons (Fsp3) is 0.640. The van der Waals surface area contributed by atoms with E-state index in [1.54, 1.807) is 0 Å². The Morgan fingerprint density at radius 3 is 1.58 bits per heavy atom. The van der Waals surface area contributed by atoms with Gasteiger partial charge in [-0.3, -0.25) is 19.4 Å². The van der Waals surface area contributed by atoms with E-state index in [0.717, 1.165) is 69.8 Å². The minimum absolute atomic E-state index is 0.0498. The largest absolute Gasteiger partial charge is 0.333 e. The van der Waals surface area contributed by atoms with Crippen molar-refractivity contribution >= 4 is 17.8 Å². The van der Waals surface area contributed by atoms with Crippen LogP contribution >= 0.6 is 0 Å². The van der Waals surface area contributed by atoms with Crippen molar-refractivity contribution < 1.29 is 14.4 Å². The molecule has 1 aliphatic heterocycles. The van der Waals surface area contributed by atoms with Crippen molar-refractivity contribution in [2.75, 3.05) is 14.1 Å². The molecule has 0 bridgehead atoms. The van der Waals surface area contributed by atoms with Gasteiger partial charge in [-0.05, 0) is 51.8 Å². The van der Waals surface area contributed by atoms with Crippen LogP contribution in [0, 0.1) is 5.92 Å². The molecule has 3 fully saturated rings. The second kappa shape index (κ2) is 11.4. The first-order valence-corrected chi connectivity index (χ1v) is 11.9. The number of hydrogen-bond donors (Lipinski definition) is 1. The van der Waals surface area contributed by atoms with E-state index in [-0.39, 0.29) is 29.9 Å². The van der Waals surface area contributed by atoms with E-state index in [2.05, 4.69) is 5.32 Å². The van der Waals surface area contributed by atoms with Crippen molar-refractivity contribution in [3.8, 4) is 0 Å². The highest BCUT2D eigenvalue weighted by Crippen LogP contribution is 2.33. The van der Waals surface area contributed by atoms with Gasteiger partial charge >= 0.3 is 6.03 Å². The molecule has 0 atom stereocenters. The Bertz CT molecular complexity index is 700. The molecule has 0 spiro atoms. The fourth-order valence-electron chi connectivity index (χ4n) is 5.12. The molecule has 4 rings (SSSR count). The van der Waals surface area contributed by atoms with Gasteiger partial charge < -0.3 is 5.32 Å². The molecule has 2 saturated carbocycles. The zero-order valence-electron chi connectivity index (χ0n) is 19.0. The molecular formula is C25H37N3O3. The lowest BCUT2D eigenvalue weighted by atomic mass is 9.87. The van der Waals surface area contributed by atoms with E-state index in [4.69, 9.17) is 0 Å². The van der Waals surface area contributed by atoms with Gasteiger partial charge in [-0.2, -0.15) is 0 Å². The van der Waals surface area contributed by atoms with Crippen LogP contribution in [-0.2, 0) is 16.0 Å². The molecule has 6 heteroatoms. The quantitative estimate of drug-likeness (QED) is 0.734. The number of rotatable bonds is 4. The molecule has 0 aromatic heterocycles. The van der Waals surface area contributed by atoms with Gasteiger partial charge in [0.2, 0.25) is 11.8 Å². The van der Waals surface area contributed by atoms with E-state index in [9.17, 15) is 14.4 Å². The Labute approximate surface area is 186 Å². The number of nitrogens with one attached hydrogen (secondary N) is 1. The predicted molar refractivity (Wildman–Crippen MR) is 121 cm³/mol. The van der Waals surface area contributed by atoms with Crippen LogP contribution in [0.4, 0.5) is 4.79 Å². The fourth-order valence-corrected chi connectivity index (χ4v) is 5.12. The summed E-state index contributed by atoms with van der Waals surface area (Å²) >= 11 is 0. The number of nitrogens with zero attached hydrogens (tertiary/aromatic N) is 2. The Kier molecular flexibility index (Phi) is 8.64. The van der Waals surface area contributed by atoms with Crippen LogP contribution in [0.1, 0.15) is 69.8 Å². The van der Waals surface area contributed by atoms with Crippen LogP contribution in [0.25, 0.3) is 0 Å². The summed E-state index contributed by atoms with van der Waals surface area (Å²) in [5.41, 5.74) is 0.968. The van der Waals surface area contributed by atoms with Crippen molar-refractivity contribution in [2.24, 2.45) is 5.92 Å². The first kappa shape index (κ1) is 23.5. The predicted octanol–water partition coefficient (Wildman–Crippen LogP) is 4.14. The topological polar surface area (TPSA) is 69.7 Å². The lowest BCUT2D eigenvalue weighted by molar-refractivity contribution is -0.153. The molecule has 170 valence electrons. The first-order chi connectivity index (χ1) is 15.1. The van der Waals surface area contributed by atoms with Crippen molar-refractivity contribution in [3.63, 3.8) is 0 Å². The SMILES string of the molecule is CNC.O=C1C(Cc2ccccc2)C(=O)N(C2CCCCC2)C(=O)N1C1CCCCC1. The van der Waals surface area contributed by atoms with Crippen molar-refractivity contribution in [1.29, 1.82) is 0 Å². The third-order valence-electron chi connectivity index (χ3n) is 6.65. The average molecular weight is 428 g/mol. The number of urea groups is 1.